The zero-order chi connectivity index (χ0) is 21.2. The Morgan fingerprint density at radius 3 is 0.789 bits per heavy atom. The first-order valence-electron chi connectivity index (χ1n) is 6.75. The molecule has 19 heavy (non-hydrogen) atoms. The van der Waals surface area contributed by atoms with E-state index in [1.54, 1.807) is 0 Å². The molecule has 0 rings (SSSR count). The topological polar surface area (TPSA) is 236 Å². The third-order valence-electron chi connectivity index (χ3n) is 0.167. The summed E-state index contributed by atoms with van der Waals surface area (Å²) in [6, 6.07) is 0. The van der Waals surface area contributed by atoms with Crippen LogP contribution >= 0.6 is 0 Å². The van der Waals surface area contributed by atoms with Gasteiger partial charge in [0.2, 0.25) is 0 Å². The minimum atomic E-state index is -2.45. The van der Waals surface area contributed by atoms with Crippen molar-refractivity contribution in [3.63, 3.8) is 0 Å². The smallest absolute Gasteiger partial charge is 1.00 e. The minimum absolute atomic E-state index is 0. The molecular weight excluding hydrogens is 494 g/mol. The van der Waals surface area contributed by atoms with E-state index in [1.807, 2.05) is 0 Å². The van der Waals surface area contributed by atoms with E-state index in [2.05, 4.69) is 22.9 Å². The Bertz CT molecular complexity index is 322. The van der Waals surface area contributed by atoms with E-state index in [0.717, 1.165) is 0 Å². The molecular formula is C4H16Cl2N6O6Pt. The summed E-state index contributed by atoms with van der Waals surface area (Å²) in [5, 5.41) is 29.5. The van der Waals surface area contributed by atoms with Crippen molar-refractivity contribution in [2.45, 2.75) is 0 Å². The summed E-state index contributed by atoms with van der Waals surface area (Å²) in [5.41, 5.74) is 18.6. The van der Waals surface area contributed by atoms with E-state index in [9.17, 15) is 0 Å². The van der Waals surface area contributed by atoms with Crippen molar-refractivity contribution in [2.75, 3.05) is 26.0 Å². The fourth-order valence-corrected chi connectivity index (χ4v) is 0. The summed E-state index contributed by atoms with van der Waals surface area (Å²) < 4.78 is 52.2. The molecule has 0 unspecified atom stereocenters. The largest absolute Gasteiger partial charge is 4.00 e. The molecule has 0 heterocycles. The second-order valence-corrected chi connectivity index (χ2v) is 1.02. The summed E-state index contributed by atoms with van der Waals surface area (Å²) in [6.07, 6.45) is 0. The second-order valence-electron chi connectivity index (χ2n) is 1.02. The quantitative estimate of drug-likeness (QED) is 0.199. The fraction of sp³-hybridized carbons (Fsp3) is 1.00. The van der Waals surface area contributed by atoms with E-state index in [0.29, 0.717) is 0 Å². The number of rotatable bonds is 2. The maximum Gasteiger partial charge on any atom is 4.00 e. The van der Waals surface area contributed by atoms with Crippen LogP contribution in [0, 0.1) is 30.6 Å². The van der Waals surface area contributed by atoms with E-state index in [-0.39, 0.29) is 45.9 Å². The van der Waals surface area contributed by atoms with Crippen molar-refractivity contribution in [2.24, 2.45) is 22.9 Å². The molecule has 0 aliphatic carbocycles. The molecule has 0 saturated heterocycles. The van der Waals surface area contributed by atoms with E-state index in [4.69, 9.17) is 41.6 Å². The molecule has 0 fully saturated rings. The Labute approximate surface area is 147 Å². The summed E-state index contributed by atoms with van der Waals surface area (Å²) >= 11 is 0. The Kier molecular flexibility index (Phi) is 41.4. The summed E-state index contributed by atoms with van der Waals surface area (Å²) in [4.78, 5) is 16.5. The molecule has 0 atom stereocenters. The standard InChI is InChI=1S/2C2H8N2.2ClH.2NO3.Pt/c2*3-1-2-4;;;2*2-1(3)4;/h2*1-4H2;2*1H;;;/q;;;;2*-1;+4/p-2/i2*1D2,2D2;;;;;. The van der Waals surface area contributed by atoms with Crippen LogP contribution < -0.4 is 47.7 Å². The van der Waals surface area contributed by atoms with Gasteiger partial charge in [-0.1, -0.05) is 0 Å². The SMILES string of the molecule is O=[N+]([O-])[O-].O=[N+]([O-])[O-].[2H]C([2H])(N)C([2H])([2H])N.[2H]C([2H])(N)C([2H])([2H])N.[Cl-].[Cl-].[Pt+4]. The number of nitrogens with two attached hydrogens (primary N) is 4. The predicted octanol–water partition coefficient (Wildman–Crippen LogP) is -8.67. The fourth-order valence-electron chi connectivity index (χ4n) is 0. The number of hydrogen-bond donors (Lipinski definition) is 4. The van der Waals surface area contributed by atoms with Crippen molar-refractivity contribution >= 4 is 0 Å². The van der Waals surface area contributed by atoms with Crippen LogP contribution in [0.15, 0.2) is 0 Å². The van der Waals surface area contributed by atoms with Crippen molar-refractivity contribution in [3.05, 3.63) is 30.6 Å². The van der Waals surface area contributed by atoms with E-state index in [1.165, 1.54) is 0 Å². The molecule has 0 radical (unpaired) electrons. The molecule has 0 aromatic carbocycles. The van der Waals surface area contributed by atoms with Gasteiger partial charge >= 0.3 is 21.1 Å². The van der Waals surface area contributed by atoms with Crippen LogP contribution in [0.4, 0.5) is 0 Å². The normalized spacial score (nSPS) is 14.9. The molecule has 122 valence electrons. The van der Waals surface area contributed by atoms with Gasteiger partial charge in [-0.3, -0.25) is 0 Å². The molecule has 8 N–H and O–H groups in total. The van der Waals surface area contributed by atoms with Crippen LogP contribution in [0.25, 0.3) is 0 Å². The van der Waals surface area contributed by atoms with Crippen LogP contribution in [-0.4, -0.2) is 36.2 Å². The van der Waals surface area contributed by atoms with Gasteiger partial charge in [-0.25, -0.2) is 0 Å². The molecule has 0 aliphatic rings. The van der Waals surface area contributed by atoms with Crippen molar-refractivity contribution in [1.29, 1.82) is 0 Å². The molecule has 0 aliphatic heterocycles. The van der Waals surface area contributed by atoms with Crippen LogP contribution in [0.1, 0.15) is 11.0 Å². The van der Waals surface area contributed by atoms with Crippen molar-refractivity contribution in [3.8, 4) is 0 Å². The van der Waals surface area contributed by atoms with Gasteiger partial charge in [0.1, 0.15) is 0 Å². The summed E-state index contributed by atoms with van der Waals surface area (Å²) in [5.74, 6) is 0. The third kappa shape index (κ3) is 1850. The van der Waals surface area contributed by atoms with Crippen LogP contribution in [0.5, 0.6) is 0 Å². The van der Waals surface area contributed by atoms with Gasteiger partial charge in [0.15, 0.2) is 0 Å². The van der Waals surface area contributed by atoms with Crippen LogP contribution in [0.2, 0.25) is 0 Å². The molecule has 0 saturated carbocycles. The van der Waals surface area contributed by atoms with Gasteiger partial charge in [-0.15, -0.1) is 0 Å². The summed E-state index contributed by atoms with van der Waals surface area (Å²) in [7, 11) is 0. The van der Waals surface area contributed by atoms with E-state index < -0.39 is 36.2 Å². The van der Waals surface area contributed by atoms with Crippen LogP contribution in [-0.2, 0) is 21.1 Å². The average molecular weight is 518 g/mol. The first-order valence-corrected chi connectivity index (χ1v) is 2.75. The van der Waals surface area contributed by atoms with Gasteiger partial charge in [0.25, 0.3) is 0 Å². The second kappa shape index (κ2) is 52.8. The van der Waals surface area contributed by atoms with Gasteiger partial charge < -0.3 is 78.4 Å². The van der Waals surface area contributed by atoms with E-state index >= 15 is 0 Å². The summed E-state index contributed by atoms with van der Waals surface area (Å²) in [6.45, 7) is -9.81. The number of nitrogens with zero attached hydrogens (tertiary/aromatic N) is 2. The molecule has 0 bridgehead atoms. The number of halogens is 2. The molecule has 0 spiro atoms. The first-order chi connectivity index (χ1) is 9.96. The first kappa shape index (κ1) is 14.9. The Morgan fingerprint density at radius 1 is 0.737 bits per heavy atom. The molecule has 12 nitrogen and oxygen atoms in total. The predicted molar refractivity (Wildman–Crippen MR) is 56.9 cm³/mol. The Balaban J connectivity index is -0.0000000399. The molecule has 0 aromatic heterocycles. The maximum absolute atomic E-state index is 8.25. The third-order valence-corrected chi connectivity index (χ3v) is 0.167. The average Bonchev–Trinajstić information content (AvgIpc) is 2.08. The van der Waals surface area contributed by atoms with Gasteiger partial charge in [-0.05, 0) is 0 Å². The van der Waals surface area contributed by atoms with Crippen LogP contribution in [0.3, 0.4) is 0 Å². The van der Waals surface area contributed by atoms with Crippen molar-refractivity contribution < 1.29 is 67.0 Å². The maximum atomic E-state index is 8.25. The van der Waals surface area contributed by atoms with Crippen molar-refractivity contribution in [1.82, 2.24) is 0 Å². The number of hydrogen-bond acceptors (Lipinski definition) is 10. The monoisotopic (exact) mass is 517 g/mol. The Morgan fingerprint density at radius 2 is 0.789 bits per heavy atom. The molecule has 0 aromatic rings. The molecule has 15 heteroatoms. The Hall–Kier alpha value is -0.492. The van der Waals surface area contributed by atoms with Gasteiger partial charge in [0.05, 0.1) is 10.2 Å². The van der Waals surface area contributed by atoms with Gasteiger partial charge in [0, 0.05) is 37.0 Å². The molecule has 0 amide bonds. The minimum Gasteiger partial charge on any atom is -1.00 e. The van der Waals surface area contributed by atoms with Gasteiger partial charge in [-0.2, -0.15) is 0 Å². The zero-order valence-electron chi connectivity index (χ0n) is 16.7. The zero-order valence-corrected chi connectivity index (χ0v) is 12.5.